The quantitative estimate of drug-likeness (QED) is 0.818. The minimum Gasteiger partial charge on any atom is -0.313 e. The summed E-state index contributed by atoms with van der Waals surface area (Å²) in [6.45, 7) is 6.31. The summed E-state index contributed by atoms with van der Waals surface area (Å²) in [5, 5.41) is 3.35. The first kappa shape index (κ1) is 13.9. The smallest absolute Gasteiger partial charge is 0.0769 e. The van der Waals surface area contributed by atoms with E-state index in [0.717, 1.165) is 27.7 Å². The lowest BCUT2D eigenvalue weighted by molar-refractivity contribution is 0.577. The second kappa shape index (κ2) is 7.20. The van der Waals surface area contributed by atoms with Gasteiger partial charge < -0.3 is 5.32 Å². The molecule has 0 bridgehead atoms. The van der Waals surface area contributed by atoms with E-state index in [1.807, 2.05) is 12.1 Å². The van der Waals surface area contributed by atoms with Crippen molar-refractivity contribution in [3.05, 3.63) is 33.0 Å². The van der Waals surface area contributed by atoms with Crippen LogP contribution in [0.2, 0.25) is 0 Å². The Morgan fingerprint density at radius 3 is 2.81 bits per heavy atom. The Kier molecular flexibility index (Phi) is 6.24. The van der Waals surface area contributed by atoms with Crippen molar-refractivity contribution in [2.75, 3.05) is 13.1 Å². The van der Waals surface area contributed by atoms with Gasteiger partial charge in [0.1, 0.15) is 0 Å². The van der Waals surface area contributed by atoms with E-state index in [1.54, 1.807) is 6.20 Å². The average molecular weight is 348 g/mol. The highest BCUT2D eigenvalue weighted by molar-refractivity contribution is 9.11. The van der Waals surface area contributed by atoms with Gasteiger partial charge in [0.15, 0.2) is 0 Å². The summed E-state index contributed by atoms with van der Waals surface area (Å²) in [6.07, 6.45) is 5.90. The lowest BCUT2D eigenvalue weighted by Crippen LogP contribution is -2.19. The van der Waals surface area contributed by atoms with Crippen LogP contribution in [-0.4, -0.2) is 18.1 Å². The predicted molar refractivity (Wildman–Crippen MR) is 76.4 cm³/mol. The number of nitrogens with one attached hydrogen (secondary N) is 1. The fraction of sp³-hybridized carbons (Fsp3) is 0.417. The summed E-state index contributed by atoms with van der Waals surface area (Å²) >= 11 is 6.85. The van der Waals surface area contributed by atoms with Gasteiger partial charge >= 0.3 is 0 Å². The molecule has 0 aromatic carbocycles. The zero-order valence-corrected chi connectivity index (χ0v) is 12.7. The van der Waals surface area contributed by atoms with Gasteiger partial charge in [0, 0.05) is 21.7 Å². The highest BCUT2D eigenvalue weighted by atomic mass is 79.9. The molecule has 1 rings (SSSR count). The van der Waals surface area contributed by atoms with E-state index in [1.165, 1.54) is 0 Å². The van der Waals surface area contributed by atoms with Gasteiger partial charge in [0.05, 0.1) is 5.69 Å². The zero-order chi connectivity index (χ0) is 12.0. The van der Waals surface area contributed by atoms with Crippen molar-refractivity contribution in [1.82, 2.24) is 10.3 Å². The van der Waals surface area contributed by atoms with Crippen molar-refractivity contribution in [2.24, 2.45) is 5.92 Å². The van der Waals surface area contributed by atoms with Crippen LogP contribution in [0.3, 0.4) is 0 Å². The predicted octanol–water partition coefficient (Wildman–Crippen LogP) is 3.87. The summed E-state index contributed by atoms with van der Waals surface area (Å²) in [5.41, 5.74) is 0.953. The Morgan fingerprint density at radius 2 is 2.19 bits per heavy atom. The molecule has 0 radical (unpaired) electrons. The molecule has 0 saturated heterocycles. The number of hydrogen-bond acceptors (Lipinski definition) is 2. The molecule has 1 heterocycles. The Hall–Kier alpha value is -0.190. The summed E-state index contributed by atoms with van der Waals surface area (Å²) in [4.78, 5) is 4.30. The summed E-state index contributed by atoms with van der Waals surface area (Å²) < 4.78 is 1.98. The van der Waals surface area contributed by atoms with Crippen LogP contribution in [0.15, 0.2) is 27.3 Å². The SMILES string of the molecule is CC(C)CNC/C=C/c1ncc(Br)cc1Br. The van der Waals surface area contributed by atoms with E-state index >= 15 is 0 Å². The van der Waals surface area contributed by atoms with Gasteiger partial charge in [-0.25, -0.2) is 0 Å². The van der Waals surface area contributed by atoms with Crippen molar-refractivity contribution in [2.45, 2.75) is 13.8 Å². The molecule has 0 aliphatic carbocycles. The van der Waals surface area contributed by atoms with Gasteiger partial charge in [0.25, 0.3) is 0 Å². The molecule has 1 N–H and O–H groups in total. The molecule has 0 atom stereocenters. The summed E-state index contributed by atoms with van der Waals surface area (Å²) in [6, 6.07) is 1.99. The van der Waals surface area contributed by atoms with Gasteiger partial charge in [-0.3, -0.25) is 4.98 Å². The largest absolute Gasteiger partial charge is 0.313 e. The first-order valence-electron chi connectivity index (χ1n) is 5.28. The van der Waals surface area contributed by atoms with Crippen LogP contribution in [0.4, 0.5) is 0 Å². The lowest BCUT2D eigenvalue weighted by Gasteiger charge is -2.04. The molecule has 0 aliphatic rings. The van der Waals surface area contributed by atoms with E-state index in [-0.39, 0.29) is 0 Å². The first-order valence-corrected chi connectivity index (χ1v) is 6.86. The topological polar surface area (TPSA) is 24.9 Å². The number of rotatable bonds is 5. The van der Waals surface area contributed by atoms with Gasteiger partial charge in [-0.15, -0.1) is 0 Å². The highest BCUT2D eigenvalue weighted by Gasteiger charge is 1.97. The molecule has 1 aromatic heterocycles. The molecule has 0 saturated carbocycles. The van der Waals surface area contributed by atoms with Crippen molar-refractivity contribution in [3.8, 4) is 0 Å². The van der Waals surface area contributed by atoms with Crippen LogP contribution in [0.5, 0.6) is 0 Å². The van der Waals surface area contributed by atoms with Crippen molar-refractivity contribution >= 4 is 37.9 Å². The molecule has 1 aromatic rings. The number of hydrogen-bond donors (Lipinski definition) is 1. The molecule has 0 amide bonds. The number of pyridine rings is 1. The minimum absolute atomic E-state index is 0.686. The minimum atomic E-state index is 0.686. The normalized spacial score (nSPS) is 11.6. The maximum absolute atomic E-state index is 4.30. The van der Waals surface area contributed by atoms with Gasteiger partial charge in [0.2, 0.25) is 0 Å². The lowest BCUT2D eigenvalue weighted by atomic mass is 10.2. The van der Waals surface area contributed by atoms with Crippen molar-refractivity contribution < 1.29 is 0 Å². The van der Waals surface area contributed by atoms with Gasteiger partial charge in [-0.1, -0.05) is 19.9 Å². The maximum Gasteiger partial charge on any atom is 0.0769 e. The molecule has 16 heavy (non-hydrogen) atoms. The van der Waals surface area contributed by atoms with Crippen LogP contribution in [0.1, 0.15) is 19.5 Å². The fourth-order valence-electron chi connectivity index (χ4n) is 1.17. The zero-order valence-electron chi connectivity index (χ0n) is 9.50. The van der Waals surface area contributed by atoms with E-state index in [0.29, 0.717) is 5.92 Å². The molecule has 0 fully saturated rings. The van der Waals surface area contributed by atoms with Gasteiger partial charge in [-0.2, -0.15) is 0 Å². The summed E-state index contributed by atoms with van der Waals surface area (Å²) in [7, 11) is 0. The average Bonchev–Trinajstić information content (AvgIpc) is 2.20. The maximum atomic E-state index is 4.30. The molecule has 88 valence electrons. The van der Waals surface area contributed by atoms with Crippen molar-refractivity contribution in [3.63, 3.8) is 0 Å². The number of nitrogens with zero attached hydrogens (tertiary/aromatic N) is 1. The van der Waals surface area contributed by atoms with Crippen LogP contribution in [-0.2, 0) is 0 Å². The van der Waals surface area contributed by atoms with E-state index in [4.69, 9.17) is 0 Å². The molecular formula is C12H16Br2N2. The van der Waals surface area contributed by atoms with E-state index < -0.39 is 0 Å². The molecular weight excluding hydrogens is 332 g/mol. The third-order valence-corrected chi connectivity index (χ3v) is 3.00. The monoisotopic (exact) mass is 346 g/mol. The Bertz CT molecular complexity index is 362. The van der Waals surface area contributed by atoms with E-state index in [9.17, 15) is 0 Å². The standard InChI is InChI=1S/C12H16Br2N2/c1-9(2)7-15-5-3-4-12-11(14)6-10(13)8-16-12/h3-4,6,8-9,15H,5,7H2,1-2H3/b4-3+. The molecule has 0 unspecified atom stereocenters. The van der Waals surface area contributed by atoms with Crippen LogP contribution in [0.25, 0.3) is 6.08 Å². The first-order chi connectivity index (χ1) is 7.59. The molecule has 4 heteroatoms. The third-order valence-electron chi connectivity index (χ3n) is 1.93. The van der Waals surface area contributed by atoms with Crippen molar-refractivity contribution in [1.29, 1.82) is 0 Å². The second-order valence-electron chi connectivity index (χ2n) is 3.98. The number of halogens is 2. The van der Waals surface area contributed by atoms with Crippen LogP contribution < -0.4 is 5.32 Å². The Morgan fingerprint density at radius 1 is 1.44 bits per heavy atom. The van der Waals surface area contributed by atoms with Crippen LogP contribution in [0, 0.1) is 5.92 Å². The highest BCUT2D eigenvalue weighted by Crippen LogP contribution is 2.20. The molecule has 0 spiro atoms. The fourth-order valence-corrected chi connectivity index (χ4v) is 2.29. The van der Waals surface area contributed by atoms with E-state index in [2.05, 4.69) is 62.1 Å². The number of aromatic nitrogens is 1. The van der Waals surface area contributed by atoms with Crippen LogP contribution >= 0.6 is 31.9 Å². The van der Waals surface area contributed by atoms with Gasteiger partial charge in [-0.05, 0) is 56.5 Å². The summed E-state index contributed by atoms with van der Waals surface area (Å²) in [5.74, 6) is 0.686. The third kappa shape index (κ3) is 5.23. The molecule has 0 aliphatic heterocycles. The Balaban J connectivity index is 2.44. The molecule has 2 nitrogen and oxygen atoms in total. The second-order valence-corrected chi connectivity index (χ2v) is 5.75. The Labute approximate surface area is 114 Å².